The summed E-state index contributed by atoms with van der Waals surface area (Å²) < 4.78 is 34.0. The Bertz CT molecular complexity index is 815. The first-order chi connectivity index (χ1) is 13.6. The number of imide groups is 2. The zero-order chi connectivity index (χ0) is 21.7. The third-order valence-electron chi connectivity index (χ3n) is 4.08. The number of amides is 5. The molecule has 0 radical (unpaired) electrons. The second-order valence-electron chi connectivity index (χ2n) is 6.41. The standard InChI is InChI=1S/C18H21F2N3O6/c1-10(2)23-16(26)15(25)22(18(23)27)9-14(24)21-7-6-11-4-5-12(29-17(19)20)13(8-11)28-3/h4-5,8,10,17H,6-7,9H2,1-3H3,(H,21,24). The van der Waals surface area contributed by atoms with Crippen LogP contribution >= 0.6 is 0 Å². The molecule has 0 aliphatic carbocycles. The van der Waals surface area contributed by atoms with E-state index in [0.717, 1.165) is 4.90 Å². The number of benzene rings is 1. The smallest absolute Gasteiger partial charge is 0.387 e. The molecule has 5 amide bonds. The number of hydrogen-bond acceptors (Lipinski definition) is 6. The lowest BCUT2D eigenvalue weighted by Gasteiger charge is -2.18. The lowest BCUT2D eigenvalue weighted by molar-refractivity contribution is -0.144. The van der Waals surface area contributed by atoms with Crippen LogP contribution in [0.25, 0.3) is 0 Å². The van der Waals surface area contributed by atoms with Gasteiger partial charge in [-0.15, -0.1) is 0 Å². The van der Waals surface area contributed by atoms with Crippen LogP contribution in [0.3, 0.4) is 0 Å². The molecule has 1 aromatic rings. The predicted molar refractivity (Wildman–Crippen MR) is 95.4 cm³/mol. The van der Waals surface area contributed by atoms with Crippen LogP contribution in [0.15, 0.2) is 18.2 Å². The van der Waals surface area contributed by atoms with E-state index in [4.69, 9.17) is 4.74 Å². The number of nitrogens with zero attached hydrogens (tertiary/aromatic N) is 2. The van der Waals surface area contributed by atoms with Gasteiger partial charge in [0.25, 0.3) is 0 Å². The molecule has 0 atom stereocenters. The maximum atomic E-state index is 12.3. The Balaban J connectivity index is 1.89. The number of carbonyl (C=O) groups excluding carboxylic acids is 4. The highest BCUT2D eigenvalue weighted by Gasteiger charge is 2.46. The van der Waals surface area contributed by atoms with Crippen molar-refractivity contribution in [2.24, 2.45) is 0 Å². The quantitative estimate of drug-likeness (QED) is 0.481. The Hall–Kier alpha value is -3.24. The predicted octanol–water partition coefficient (Wildman–Crippen LogP) is 1.15. The molecular formula is C18H21F2N3O6. The Morgan fingerprint density at radius 2 is 1.83 bits per heavy atom. The van der Waals surface area contributed by atoms with E-state index in [1.54, 1.807) is 19.9 Å². The molecular weight excluding hydrogens is 392 g/mol. The molecule has 9 nitrogen and oxygen atoms in total. The van der Waals surface area contributed by atoms with Gasteiger partial charge in [0, 0.05) is 12.6 Å². The molecule has 1 N–H and O–H groups in total. The summed E-state index contributed by atoms with van der Waals surface area (Å²) in [6, 6.07) is 3.04. The molecule has 0 spiro atoms. The third kappa shape index (κ3) is 5.18. The van der Waals surface area contributed by atoms with Crippen LogP contribution in [0.4, 0.5) is 13.6 Å². The largest absolute Gasteiger partial charge is 0.493 e. The maximum Gasteiger partial charge on any atom is 0.387 e. The minimum absolute atomic E-state index is 0.110. The molecule has 0 bridgehead atoms. The molecule has 1 fully saturated rings. The van der Waals surface area contributed by atoms with Gasteiger partial charge in [0.05, 0.1) is 7.11 Å². The second kappa shape index (κ2) is 9.30. The number of alkyl halides is 2. The van der Waals surface area contributed by atoms with E-state index < -0.39 is 43.0 Å². The van der Waals surface area contributed by atoms with Gasteiger partial charge in [-0.25, -0.2) is 9.69 Å². The molecule has 158 valence electrons. The third-order valence-corrected chi connectivity index (χ3v) is 4.08. The summed E-state index contributed by atoms with van der Waals surface area (Å²) in [7, 11) is 1.31. The van der Waals surface area contributed by atoms with Crippen molar-refractivity contribution in [3.05, 3.63) is 23.8 Å². The minimum atomic E-state index is -2.98. The van der Waals surface area contributed by atoms with Gasteiger partial charge in [-0.05, 0) is 38.0 Å². The van der Waals surface area contributed by atoms with Gasteiger partial charge < -0.3 is 14.8 Å². The fourth-order valence-electron chi connectivity index (χ4n) is 2.72. The van der Waals surface area contributed by atoms with E-state index in [-0.39, 0.29) is 18.0 Å². The average molecular weight is 413 g/mol. The molecule has 1 heterocycles. The van der Waals surface area contributed by atoms with E-state index in [1.807, 2.05) is 0 Å². The number of nitrogens with one attached hydrogen (secondary N) is 1. The van der Waals surface area contributed by atoms with Crippen molar-refractivity contribution in [2.45, 2.75) is 32.9 Å². The second-order valence-corrected chi connectivity index (χ2v) is 6.41. The van der Waals surface area contributed by atoms with E-state index in [1.165, 1.54) is 19.2 Å². The molecule has 0 unspecified atom stereocenters. The van der Waals surface area contributed by atoms with Crippen molar-refractivity contribution in [3.63, 3.8) is 0 Å². The van der Waals surface area contributed by atoms with Crippen LogP contribution in [-0.4, -0.2) is 66.4 Å². The Labute approximate surface area is 165 Å². The van der Waals surface area contributed by atoms with Crippen molar-refractivity contribution in [2.75, 3.05) is 20.2 Å². The van der Waals surface area contributed by atoms with Gasteiger partial charge in [0.2, 0.25) is 5.91 Å². The number of methoxy groups -OCH3 is 1. The van der Waals surface area contributed by atoms with Gasteiger partial charge in [-0.3, -0.25) is 19.3 Å². The fraction of sp³-hybridized carbons (Fsp3) is 0.444. The number of urea groups is 1. The molecule has 1 saturated heterocycles. The molecule has 1 aliphatic heterocycles. The number of halogens is 2. The normalized spacial score (nSPS) is 14.2. The van der Waals surface area contributed by atoms with Gasteiger partial charge in [-0.1, -0.05) is 6.07 Å². The van der Waals surface area contributed by atoms with Crippen molar-refractivity contribution < 1.29 is 37.4 Å². The first-order valence-corrected chi connectivity index (χ1v) is 8.73. The first kappa shape index (κ1) is 22.1. The molecule has 2 rings (SSSR count). The Morgan fingerprint density at radius 3 is 2.38 bits per heavy atom. The van der Waals surface area contributed by atoms with Crippen LogP contribution in [0, 0.1) is 0 Å². The number of rotatable bonds is 9. The van der Waals surface area contributed by atoms with Gasteiger partial charge >= 0.3 is 24.5 Å². The number of carbonyl (C=O) groups is 4. The van der Waals surface area contributed by atoms with Crippen molar-refractivity contribution >= 4 is 23.8 Å². The summed E-state index contributed by atoms with van der Waals surface area (Å²) in [5, 5.41) is 2.54. The summed E-state index contributed by atoms with van der Waals surface area (Å²) >= 11 is 0. The topological polar surface area (TPSA) is 105 Å². The molecule has 11 heteroatoms. The molecule has 29 heavy (non-hydrogen) atoms. The van der Waals surface area contributed by atoms with E-state index in [0.29, 0.717) is 16.9 Å². The van der Waals surface area contributed by atoms with Crippen molar-refractivity contribution in [3.8, 4) is 11.5 Å². The summed E-state index contributed by atoms with van der Waals surface area (Å²) in [4.78, 5) is 49.3. The average Bonchev–Trinajstić information content (AvgIpc) is 2.85. The Kier molecular flexibility index (Phi) is 7.08. The van der Waals surface area contributed by atoms with Gasteiger partial charge in [-0.2, -0.15) is 8.78 Å². The van der Waals surface area contributed by atoms with Crippen LogP contribution < -0.4 is 14.8 Å². The highest BCUT2D eigenvalue weighted by molar-refractivity contribution is 6.45. The summed E-state index contributed by atoms with van der Waals surface area (Å²) in [6.07, 6.45) is 0.329. The summed E-state index contributed by atoms with van der Waals surface area (Å²) in [6.45, 7) is -0.243. The zero-order valence-corrected chi connectivity index (χ0v) is 16.1. The van der Waals surface area contributed by atoms with Crippen molar-refractivity contribution in [1.82, 2.24) is 15.1 Å². The number of ether oxygens (including phenoxy) is 2. The lowest BCUT2D eigenvalue weighted by Crippen LogP contribution is -2.42. The molecule has 1 aliphatic rings. The van der Waals surface area contributed by atoms with Gasteiger partial charge in [0.15, 0.2) is 11.5 Å². The fourth-order valence-corrected chi connectivity index (χ4v) is 2.72. The molecule has 1 aromatic carbocycles. The highest BCUT2D eigenvalue weighted by atomic mass is 19.3. The van der Waals surface area contributed by atoms with Crippen molar-refractivity contribution in [1.29, 1.82) is 0 Å². The van der Waals surface area contributed by atoms with E-state index in [9.17, 15) is 28.0 Å². The van der Waals surface area contributed by atoms with Crippen LogP contribution in [0.2, 0.25) is 0 Å². The van der Waals surface area contributed by atoms with Crippen LogP contribution in [0.5, 0.6) is 11.5 Å². The summed E-state index contributed by atoms with van der Waals surface area (Å²) in [5.74, 6) is -2.61. The van der Waals surface area contributed by atoms with Crippen LogP contribution in [0.1, 0.15) is 19.4 Å². The summed E-state index contributed by atoms with van der Waals surface area (Å²) in [5.41, 5.74) is 0.679. The molecule has 0 aromatic heterocycles. The first-order valence-electron chi connectivity index (χ1n) is 8.73. The maximum absolute atomic E-state index is 12.3. The van der Waals surface area contributed by atoms with Gasteiger partial charge in [0.1, 0.15) is 6.54 Å². The SMILES string of the molecule is COc1cc(CCNC(=O)CN2C(=O)C(=O)N(C(C)C)C2=O)ccc1OC(F)F. The zero-order valence-electron chi connectivity index (χ0n) is 16.1. The lowest BCUT2D eigenvalue weighted by atomic mass is 10.1. The highest BCUT2D eigenvalue weighted by Crippen LogP contribution is 2.29. The minimum Gasteiger partial charge on any atom is -0.493 e. The van der Waals surface area contributed by atoms with E-state index in [2.05, 4.69) is 10.1 Å². The Morgan fingerprint density at radius 1 is 1.14 bits per heavy atom. The van der Waals surface area contributed by atoms with Crippen LogP contribution in [-0.2, 0) is 20.8 Å². The van der Waals surface area contributed by atoms with E-state index >= 15 is 0 Å². The monoisotopic (exact) mass is 413 g/mol. The number of hydrogen-bond donors (Lipinski definition) is 1. The molecule has 0 saturated carbocycles.